The van der Waals surface area contributed by atoms with Crippen LogP contribution in [0.5, 0.6) is 0 Å². The van der Waals surface area contributed by atoms with Crippen LogP contribution in [0.15, 0.2) is 84.4 Å². The van der Waals surface area contributed by atoms with E-state index >= 15 is 0 Å². The molecule has 1 heterocycles. The van der Waals surface area contributed by atoms with Crippen LogP contribution in [0.25, 0.3) is 5.76 Å². The number of carbonyl (C=O) groups excluding carboxylic acids is 2. The standard InChI is InChI=1S/C23H15ClFNO3/c24-15-10-12-16(13-11-15)26-20(17-8-4-5-9-18(17)25)19(22(28)23(26)29)21(27)14-6-2-1-3-7-14/h1-13,20,27H/t20-/m1/s1. The first kappa shape index (κ1) is 18.9. The zero-order chi connectivity index (χ0) is 20.5. The van der Waals surface area contributed by atoms with Crippen molar-refractivity contribution in [1.29, 1.82) is 0 Å². The third-order valence-electron chi connectivity index (χ3n) is 4.80. The van der Waals surface area contributed by atoms with Crippen molar-refractivity contribution in [2.24, 2.45) is 0 Å². The Labute approximate surface area is 171 Å². The van der Waals surface area contributed by atoms with Gasteiger partial charge in [-0.15, -0.1) is 0 Å². The number of Topliss-reactive ketones (excluding diaryl/α,β-unsaturated/α-hetero) is 1. The van der Waals surface area contributed by atoms with Crippen LogP contribution < -0.4 is 4.90 Å². The minimum Gasteiger partial charge on any atom is -0.507 e. The van der Waals surface area contributed by atoms with Crippen molar-refractivity contribution in [3.05, 3.63) is 106 Å². The first-order valence-corrected chi connectivity index (χ1v) is 9.23. The molecule has 0 radical (unpaired) electrons. The number of hydrogen-bond acceptors (Lipinski definition) is 3. The van der Waals surface area contributed by atoms with Crippen molar-refractivity contribution >= 4 is 34.7 Å². The average molecular weight is 408 g/mol. The molecule has 3 aromatic rings. The topological polar surface area (TPSA) is 57.6 Å². The van der Waals surface area contributed by atoms with E-state index in [0.29, 0.717) is 16.3 Å². The number of amides is 1. The normalized spacial score (nSPS) is 18.3. The second-order valence-corrected chi connectivity index (χ2v) is 6.97. The van der Waals surface area contributed by atoms with E-state index in [1.165, 1.54) is 23.1 Å². The maximum Gasteiger partial charge on any atom is 0.300 e. The van der Waals surface area contributed by atoms with Crippen molar-refractivity contribution in [2.75, 3.05) is 4.90 Å². The number of hydrogen-bond donors (Lipinski definition) is 1. The van der Waals surface area contributed by atoms with Gasteiger partial charge in [0.1, 0.15) is 11.6 Å². The summed E-state index contributed by atoms with van der Waals surface area (Å²) >= 11 is 5.94. The number of ketones is 1. The Kier molecular flexibility index (Phi) is 4.91. The average Bonchev–Trinajstić information content (AvgIpc) is 3.00. The number of benzene rings is 3. The zero-order valence-electron chi connectivity index (χ0n) is 15.0. The van der Waals surface area contributed by atoms with Gasteiger partial charge in [0, 0.05) is 21.8 Å². The third-order valence-corrected chi connectivity index (χ3v) is 5.05. The van der Waals surface area contributed by atoms with Gasteiger partial charge < -0.3 is 5.11 Å². The van der Waals surface area contributed by atoms with E-state index in [0.717, 1.165) is 0 Å². The van der Waals surface area contributed by atoms with E-state index in [1.54, 1.807) is 60.7 Å². The summed E-state index contributed by atoms with van der Waals surface area (Å²) in [5, 5.41) is 11.3. The predicted molar refractivity (Wildman–Crippen MR) is 109 cm³/mol. The van der Waals surface area contributed by atoms with Crippen molar-refractivity contribution in [1.82, 2.24) is 0 Å². The smallest absolute Gasteiger partial charge is 0.300 e. The lowest BCUT2D eigenvalue weighted by atomic mass is 9.95. The molecule has 1 fully saturated rings. The predicted octanol–water partition coefficient (Wildman–Crippen LogP) is 5.11. The summed E-state index contributed by atoms with van der Waals surface area (Å²) in [6.07, 6.45) is 0. The number of aliphatic hydroxyl groups excluding tert-OH is 1. The Morgan fingerprint density at radius 1 is 0.897 bits per heavy atom. The summed E-state index contributed by atoms with van der Waals surface area (Å²) in [5.41, 5.74) is 0.681. The third kappa shape index (κ3) is 3.30. The van der Waals surface area contributed by atoms with Crippen LogP contribution in [0, 0.1) is 5.82 Å². The fourth-order valence-corrected chi connectivity index (χ4v) is 3.57. The van der Waals surface area contributed by atoms with Crippen LogP contribution in [0.3, 0.4) is 0 Å². The number of rotatable bonds is 3. The molecule has 1 N–H and O–H groups in total. The summed E-state index contributed by atoms with van der Waals surface area (Å²) in [6.45, 7) is 0. The first-order valence-electron chi connectivity index (χ1n) is 8.85. The molecule has 0 spiro atoms. The van der Waals surface area contributed by atoms with Crippen molar-refractivity contribution in [3.63, 3.8) is 0 Å². The van der Waals surface area contributed by atoms with Crippen LogP contribution in [0.1, 0.15) is 17.2 Å². The Balaban J connectivity index is 1.97. The van der Waals surface area contributed by atoms with Crippen molar-refractivity contribution < 1.29 is 19.1 Å². The zero-order valence-corrected chi connectivity index (χ0v) is 15.8. The maximum atomic E-state index is 14.7. The Hall–Kier alpha value is -3.44. The molecule has 0 aliphatic carbocycles. The summed E-state index contributed by atoms with van der Waals surface area (Å²) < 4.78 is 14.7. The molecule has 6 heteroatoms. The molecule has 0 bridgehead atoms. The van der Waals surface area contributed by atoms with Gasteiger partial charge in [-0.1, -0.05) is 60.1 Å². The molecule has 4 rings (SSSR count). The van der Waals surface area contributed by atoms with Gasteiger partial charge in [0.25, 0.3) is 11.7 Å². The van der Waals surface area contributed by atoms with Gasteiger partial charge in [-0.05, 0) is 30.3 Å². The highest BCUT2D eigenvalue weighted by molar-refractivity contribution is 6.51. The second kappa shape index (κ2) is 7.53. The Bertz CT molecular complexity index is 1130. The van der Waals surface area contributed by atoms with Crippen LogP contribution in [-0.2, 0) is 9.59 Å². The molecule has 1 aliphatic rings. The van der Waals surface area contributed by atoms with Gasteiger partial charge in [0.15, 0.2) is 0 Å². The monoisotopic (exact) mass is 407 g/mol. The van der Waals surface area contributed by atoms with Gasteiger partial charge in [0.2, 0.25) is 0 Å². The lowest BCUT2D eigenvalue weighted by molar-refractivity contribution is -0.132. The van der Waals surface area contributed by atoms with Gasteiger partial charge in [0.05, 0.1) is 11.6 Å². The molecule has 1 saturated heterocycles. The largest absolute Gasteiger partial charge is 0.507 e. The number of carbonyl (C=O) groups is 2. The second-order valence-electron chi connectivity index (χ2n) is 6.53. The molecule has 0 aromatic heterocycles. The quantitative estimate of drug-likeness (QED) is 0.373. The maximum absolute atomic E-state index is 14.7. The van der Waals surface area contributed by atoms with Crippen LogP contribution in [-0.4, -0.2) is 16.8 Å². The number of nitrogens with zero attached hydrogens (tertiary/aromatic N) is 1. The molecule has 0 saturated carbocycles. The molecule has 1 amide bonds. The van der Waals surface area contributed by atoms with Gasteiger partial charge in [-0.3, -0.25) is 14.5 Å². The molecule has 4 nitrogen and oxygen atoms in total. The fraction of sp³-hybridized carbons (Fsp3) is 0.0435. The molecule has 144 valence electrons. The number of anilines is 1. The first-order chi connectivity index (χ1) is 14.0. The van der Waals surface area contributed by atoms with Gasteiger partial charge in [-0.25, -0.2) is 4.39 Å². The molecule has 1 atom stereocenters. The van der Waals surface area contributed by atoms with E-state index in [9.17, 15) is 19.1 Å². The van der Waals surface area contributed by atoms with Crippen molar-refractivity contribution in [2.45, 2.75) is 6.04 Å². The highest BCUT2D eigenvalue weighted by Gasteiger charge is 2.47. The summed E-state index contributed by atoms with van der Waals surface area (Å²) in [6, 6.07) is 19.4. The van der Waals surface area contributed by atoms with E-state index < -0.39 is 23.5 Å². The SMILES string of the molecule is O=C1C(=O)N(c2ccc(Cl)cc2)[C@H](c2ccccc2F)C1=C(O)c1ccccc1. The lowest BCUT2D eigenvalue weighted by Crippen LogP contribution is -2.29. The van der Waals surface area contributed by atoms with E-state index in [4.69, 9.17) is 11.6 Å². The molecular formula is C23H15ClFNO3. The molecule has 0 unspecified atom stereocenters. The van der Waals surface area contributed by atoms with Crippen LogP contribution in [0.4, 0.5) is 10.1 Å². The molecule has 3 aromatic carbocycles. The minimum atomic E-state index is -1.11. The van der Waals surface area contributed by atoms with Crippen LogP contribution in [0.2, 0.25) is 5.02 Å². The fourth-order valence-electron chi connectivity index (χ4n) is 3.44. The lowest BCUT2D eigenvalue weighted by Gasteiger charge is -2.25. The Morgan fingerprint density at radius 3 is 2.17 bits per heavy atom. The highest BCUT2D eigenvalue weighted by atomic mass is 35.5. The van der Waals surface area contributed by atoms with E-state index in [-0.39, 0.29) is 16.9 Å². The summed E-state index contributed by atoms with van der Waals surface area (Å²) in [7, 11) is 0. The van der Waals surface area contributed by atoms with Gasteiger partial charge in [-0.2, -0.15) is 0 Å². The molecular weight excluding hydrogens is 393 g/mol. The van der Waals surface area contributed by atoms with Crippen LogP contribution >= 0.6 is 11.6 Å². The summed E-state index contributed by atoms with van der Waals surface area (Å²) in [4.78, 5) is 27.0. The summed E-state index contributed by atoms with van der Waals surface area (Å²) in [5.74, 6) is -2.67. The van der Waals surface area contributed by atoms with Gasteiger partial charge >= 0.3 is 0 Å². The minimum absolute atomic E-state index is 0.110. The van der Waals surface area contributed by atoms with Crippen molar-refractivity contribution in [3.8, 4) is 0 Å². The molecule has 1 aliphatic heterocycles. The van der Waals surface area contributed by atoms with E-state index in [2.05, 4.69) is 0 Å². The highest BCUT2D eigenvalue weighted by Crippen LogP contribution is 2.42. The number of halogens is 2. The Morgan fingerprint density at radius 2 is 1.52 bits per heavy atom. The van der Waals surface area contributed by atoms with E-state index in [1.807, 2.05) is 0 Å². The molecule has 29 heavy (non-hydrogen) atoms. The number of aliphatic hydroxyl groups is 1.